The van der Waals surface area contributed by atoms with Crippen LogP contribution in [0.1, 0.15) is 17.5 Å². The summed E-state index contributed by atoms with van der Waals surface area (Å²) in [6.07, 6.45) is 2.68. The van der Waals surface area contributed by atoms with Gasteiger partial charge >= 0.3 is 0 Å². The topological polar surface area (TPSA) is 43.8 Å². The predicted octanol–water partition coefficient (Wildman–Crippen LogP) is 1.58. The molecule has 0 bridgehead atoms. The summed E-state index contributed by atoms with van der Waals surface area (Å²) in [5, 5.41) is 9.37. The summed E-state index contributed by atoms with van der Waals surface area (Å²) in [7, 11) is 0. The van der Waals surface area contributed by atoms with Gasteiger partial charge in [-0.15, -0.1) is 0 Å². The second-order valence-electron chi connectivity index (χ2n) is 5.33. The maximum absolute atomic E-state index is 12.0. The zero-order valence-electron chi connectivity index (χ0n) is 12.6. The van der Waals surface area contributed by atoms with Gasteiger partial charge < -0.3 is 10.0 Å². The first-order valence-corrected chi connectivity index (χ1v) is 8.80. The van der Waals surface area contributed by atoms with Gasteiger partial charge in [0.1, 0.15) is 0 Å². The average molecular weight is 308 g/mol. The van der Waals surface area contributed by atoms with Gasteiger partial charge in [0.05, 0.1) is 6.61 Å². The number of hydrogen-bond donors (Lipinski definition) is 1. The molecule has 2 rings (SSSR count). The first kappa shape index (κ1) is 16.3. The van der Waals surface area contributed by atoms with E-state index < -0.39 is 0 Å². The molecule has 0 saturated carbocycles. The van der Waals surface area contributed by atoms with E-state index in [1.54, 1.807) is 11.8 Å². The Morgan fingerprint density at radius 2 is 1.86 bits per heavy atom. The minimum absolute atomic E-state index is 0.0866. The predicted molar refractivity (Wildman–Crippen MR) is 87.2 cm³/mol. The van der Waals surface area contributed by atoms with E-state index in [0.29, 0.717) is 6.42 Å². The van der Waals surface area contributed by atoms with Crippen molar-refractivity contribution >= 4 is 17.7 Å². The fourth-order valence-electron chi connectivity index (χ4n) is 2.61. The van der Waals surface area contributed by atoms with E-state index in [9.17, 15) is 9.90 Å². The fourth-order valence-corrected chi connectivity index (χ4v) is 2.99. The standard InChI is InChI=1S/C16H24N2O2S/c1-21-11-6-16(20)18-9-7-17(8-10-18)12-14-4-2-3-5-15(14)13-19/h2-5,19H,6-13H2,1H3. The van der Waals surface area contributed by atoms with E-state index in [2.05, 4.69) is 11.0 Å². The Labute approximate surface area is 131 Å². The quantitative estimate of drug-likeness (QED) is 0.866. The SMILES string of the molecule is CSCCC(=O)N1CCN(Cc2ccccc2CO)CC1. The monoisotopic (exact) mass is 308 g/mol. The molecule has 1 aliphatic heterocycles. The second-order valence-corrected chi connectivity index (χ2v) is 6.31. The summed E-state index contributed by atoms with van der Waals surface area (Å²) in [5.41, 5.74) is 2.18. The number of carbonyl (C=O) groups excluding carboxylic acids is 1. The lowest BCUT2D eigenvalue weighted by atomic mass is 10.1. The molecule has 1 saturated heterocycles. The third-order valence-electron chi connectivity index (χ3n) is 3.93. The van der Waals surface area contributed by atoms with E-state index in [4.69, 9.17) is 0 Å². The number of thioether (sulfide) groups is 1. The van der Waals surface area contributed by atoms with Gasteiger partial charge in [-0.25, -0.2) is 0 Å². The van der Waals surface area contributed by atoms with Crippen LogP contribution in [0.3, 0.4) is 0 Å². The highest BCUT2D eigenvalue weighted by atomic mass is 32.2. The normalized spacial score (nSPS) is 16.2. The van der Waals surface area contributed by atoms with Crippen molar-refractivity contribution in [2.75, 3.05) is 38.2 Å². The first-order valence-electron chi connectivity index (χ1n) is 7.41. The number of rotatable bonds is 6. The van der Waals surface area contributed by atoms with Crippen molar-refractivity contribution in [2.45, 2.75) is 19.6 Å². The summed E-state index contributed by atoms with van der Waals surface area (Å²) in [5.74, 6) is 1.18. The summed E-state index contributed by atoms with van der Waals surface area (Å²) in [6.45, 7) is 4.38. The molecule has 1 fully saturated rings. The molecule has 21 heavy (non-hydrogen) atoms. The van der Waals surface area contributed by atoms with E-state index in [0.717, 1.165) is 44.0 Å². The molecular weight excluding hydrogens is 284 g/mol. The first-order chi connectivity index (χ1) is 10.2. The van der Waals surface area contributed by atoms with Gasteiger partial charge in [0, 0.05) is 44.9 Å². The van der Waals surface area contributed by atoms with Gasteiger partial charge in [-0.1, -0.05) is 24.3 Å². The molecule has 5 heteroatoms. The van der Waals surface area contributed by atoms with Crippen LogP contribution in [0.15, 0.2) is 24.3 Å². The molecule has 0 unspecified atom stereocenters. The molecule has 0 aliphatic carbocycles. The van der Waals surface area contributed by atoms with Gasteiger partial charge in [0.15, 0.2) is 0 Å². The van der Waals surface area contributed by atoms with Crippen molar-refractivity contribution < 1.29 is 9.90 Å². The Bertz CT molecular complexity index is 459. The van der Waals surface area contributed by atoms with E-state index in [-0.39, 0.29) is 12.5 Å². The molecule has 1 aromatic carbocycles. The van der Waals surface area contributed by atoms with Crippen LogP contribution in [0.2, 0.25) is 0 Å². The van der Waals surface area contributed by atoms with Crippen LogP contribution in [0, 0.1) is 0 Å². The molecule has 0 spiro atoms. The van der Waals surface area contributed by atoms with Crippen LogP contribution < -0.4 is 0 Å². The number of aliphatic hydroxyl groups excluding tert-OH is 1. The average Bonchev–Trinajstić information content (AvgIpc) is 2.54. The van der Waals surface area contributed by atoms with Gasteiger partial charge in [0.25, 0.3) is 0 Å². The molecule has 1 N–H and O–H groups in total. The molecule has 1 aromatic rings. The number of aliphatic hydroxyl groups is 1. The maximum atomic E-state index is 12.0. The van der Waals surface area contributed by atoms with Crippen LogP contribution in [0.4, 0.5) is 0 Å². The molecule has 0 radical (unpaired) electrons. The minimum Gasteiger partial charge on any atom is -0.392 e. The van der Waals surface area contributed by atoms with Gasteiger partial charge in [0.2, 0.25) is 5.91 Å². The molecule has 1 heterocycles. The highest BCUT2D eigenvalue weighted by Crippen LogP contribution is 2.14. The molecule has 0 atom stereocenters. The molecule has 4 nitrogen and oxygen atoms in total. The zero-order chi connectivity index (χ0) is 15.1. The smallest absolute Gasteiger partial charge is 0.223 e. The third-order valence-corrected chi connectivity index (χ3v) is 4.54. The number of hydrogen-bond acceptors (Lipinski definition) is 4. The van der Waals surface area contributed by atoms with E-state index >= 15 is 0 Å². The van der Waals surface area contributed by atoms with Crippen molar-refractivity contribution in [1.29, 1.82) is 0 Å². The summed E-state index contributed by atoms with van der Waals surface area (Å²) >= 11 is 1.72. The number of piperazine rings is 1. The summed E-state index contributed by atoms with van der Waals surface area (Å²) in [4.78, 5) is 16.3. The second kappa shape index (κ2) is 8.41. The van der Waals surface area contributed by atoms with Crippen LogP contribution >= 0.6 is 11.8 Å². The molecule has 1 amide bonds. The van der Waals surface area contributed by atoms with Crippen molar-refractivity contribution in [3.63, 3.8) is 0 Å². The van der Waals surface area contributed by atoms with E-state index in [1.165, 1.54) is 5.56 Å². The third kappa shape index (κ3) is 4.73. The number of amides is 1. The number of nitrogens with zero attached hydrogens (tertiary/aromatic N) is 2. The number of carbonyl (C=O) groups is 1. The molecule has 0 aromatic heterocycles. The summed E-state index contributed by atoms with van der Waals surface area (Å²) < 4.78 is 0. The fraction of sp³-hybridized carbons (Fsp3) is 0.562. The maximum Gasteiger partial charge on any atom is 0.223 e. The zero-order valence-corrected chi connectivity index (χ0v) is 13.4. The number of benzene rings is 1. The molecule has 116 valence electrons. The van der Waals surface area contributed by atoms with Crippen molar-refractivity contribution in [3.05, 3.63) is 35.4 Å². The highest BCUT2D eigenvalue weighted by Gasteiger charge is 2.21. The van der Waals surface area contributed by atoms with Gasteiger partial charge in [-0.05, 0) is 17.4 Å². The Balaban J connectivity index is 1.82. The molecule has 1 aliphatic rings. The lowest BCUT2D eigenvalue weighted by Gasteiger charge is -2.35. The Morgan fingerprint density at radius 1 is 1.19 bits per heavy atom. The largest absolute Gasteiger partial charge is 0.392 e. The van der Waals surface area contributed by atoms with Gasteiger partial charge in [-0.2, -0.15) is 11.8 Å². The van der Waals surface area contributed by atoms with Crippen LogP contribution in [0.5, 0.6) is 0 Å². The van der Waals surface area contributed by atoms with Crippen LogP contribution in [-0.2, 0) is 17.9 Å². The molecular formula is C16H24N2O2S. The Hall–Kier alpha value is -1.04. The lowest BCUT2D eigenvalue weighted by molar-refractivity contribution is -0.132. The Morgan fingerprint density at radius 3 is 2.48 bits per heavy atom. The van der Waals surface area contributed by atoms with Crippen molar-refractivity contribution in [3.8, 4) is 0 Å². The van der Waals surface area contributed by atoms with Crippen molar-refractivity contribution in [1.82, 2.24) is 9.80 Å². The Kier molecular flexibility index (Phi) is 6.54. The van der Waals surface area contributed by atoms with Crippen LogP contribution in [0.25, 0.3) is 0 Å². The summed E-state index contributed by atoms with van der Waals surface area (Å²) in [6, 6.07) is 8.01. The lowest BCUT2D eigenvalue weighted by Crippen LogP contribution is -2.48. The van der Waals surface area contributed by atoms with Crippen LogP contribution in [-0.4, -0.2) is 59.0 Å². The highest BCUT2D eigenvalue weighted by molar-refractivity contribution is 7.98. The minimum atomic E-state index is 0.0866. The van der Waals surface area contributed by atoms with Gasteiger partial charge in [-0.3, -0.25) is 9.69 Å². The van der Waals surface area contributed by atoms with Crippen molar-refractivity contribution in [2.24, 2.45) is 0 Å². The van der Waals surface area contributed by atoms with E-state index in [1.807, 2.05) is 29.4 Å².